The van der Waals surface area contributed by atoms with E-state index < -0.39 is 12.1 Å². The quantitative estimate of drug-likeness (QED) is 0.452. The summed E-state index contributed by atoms with van der Waals surface area (Å²) in [7, 11) is 0. The van der Waals surface area contributed by atoms with Gasteiger partial charge in [0.25, 0.3) is 0 Å². The normalized spacial score (nSPS) is 16.6. The fourth-order valence-electron chi connectivity index (χ4n) is 3.69. The highest BCUT2D eigenvalue weighted by atomic mass is 19.4. The molecule has 8 nitrogen and oxygen atoms in total. The maximum atomic E-state index is 10.6. The molecule has 4 aromatic rings. The lowest BCUT2D eigenvalue weighted by Crippen LogP contribution is -2.37. The van der Waals surface area contributed by atoms with Gasteiger partial charge in [0.1, 0.15) is 17.6 Å². The SMILES string of the molecule is Cc1ccc(-c2ccc3c(C4CN(Cc5ccco5)CCO4)nnn3c2)cc1.O=C(O)C(F)(F)F. The molecule has 1 aliphatic heterocycles. The minimum Gasteiger partial charge on any atom is -0.475 e. The Morgan fingerprint density at radius 2 is 1.86 bits per heavy atom. The van der Waals surface area contributed by atoms with Crippen LogP contribution in [-0.4, -0.2) is 56.7 Å². The summed E-state index contributed by atoms with van der Waals surface area (Å²) in [6, 6.07) is 16.6. The number of nitrogens with zero attached hydrogens (tertiary/aromatic N) is 4. The Kier molecular flexibility index (Phi) is 7.17. The van der Waals surface area contributed by atoms with Gasteiger partial charge in [-0.3, -0.25) is 4.90 Å². The lowest BCUT2D eigenvalue weighted by atomic mass is 10.1. The van der Waals surface area contributed by atoms with E-state index >= 15 is 0 Å². The Bertz CT molecular complexity index is 1270. The van der Waals surface area contributed by atoms with Gasteiger partial charge in [-0.05, 0) is 30.7 Å². The van der Waals surface area contributed by atoms with Gasteiger partial charge in [-0.2, -0.15) is 13.2 Å². The van der Waals surface area contributed by atoms with Crippen LogP contribution in [-0.2, 0) is 16.1 Å². The Balaban J connectivity index is 0.000000364. The Morgan fingerprint density at radius 3 is 2.51 bits per heavy atom. The molecule has 1 unspecified atom stereocenters. The number of ether oxygens (including phenoxy) is 1. The van der Waals surface area contributed by atoms with Gasteiger partial charge in [0, 0.05) is 24.8 Å². The number of alkyl halides is 3. The first-order valence-electron chi connectivity index (χ1n) is 10.8. The molecular formula is C24H23F3N4O4. The van der Waals surface area contributed by atoms with Crippen molar-refractivity contribution < 1.29 is 32.2 Å². The molecular weight excluding hydrogens is 465 g/mol. The zero-order valence-corrected chi connectivity index (χ0v) is 18.8. The summed E-state index contributed by atoms with van der Waals surface area (Å²) < 4.78 is 45.1. The maximum Gasteiger partial charge on any atom is 0.490 e. The minimum atomic E-state index is -5.08. The summed E-state index contributed by atoms with van der Waals surface area (Å²) in [5.41, 5.74) is 5.41. The van der Waals surface area contributed by atoms with E-state index in [1.165, 1.54) is 11.1 Å². The molecule has 0 spiro atoms. The number of pyridine rings is 1. The third-order valence-electron chi connectivity index (χ3n) is 5.48. The molecule has 0 aliphatic carbocycles. The molecule has 0 saturated carbocycles. The standard InChI is InChI=1S/C22H22N4O2.C2HF3O2/c1-16-4-6-17(7-5-16)18-8-9-20-22(23-24-26(20)13-18)21-15-25(10-12-28-21)14-19-3-2-11-27-19;3-2(4,5)1(6)7/h2-9,11,13,21H,10,12,14-15H2,1H3;(H,6,7). The first kappa shape index (κ1) is 24.4. The smallest absolute Gasteiger partial charge is 0.475 e. The summed E-state index contributed by atoms with van der Waals surface area (Å²) in [5, 5.41) is 15.9. The van der Waals surface area contributed by atoms with Crippen molar-refractivity contribution in [2.75, 3.05) is 19.7 Å². The number of morpholine rings is 1. The van der Waals surface area contributed by atoms with Crippen LogP contribution in [0, 0.1) is 6.92 Å². The van der Waals surface area contributed by atoms with E-state index in [0.29, 0.717) is 6.61 Å². The molecule has 0 bridgehead atoms. The highest BCUT2D eigenvalue weighted by Crippen LogP contribution is 2.27. The molecule has 0 radical (unpaired) electrons. The van der Waals surface area contributed by atoms with E-state index in [0.717, 1.165) is 42.2 Å². The fraction of sp³-hybridized carbons (Fsp3) is 0.292. The molecule has 1 fully saturated rings. The van der Waals surface area contributed by atoms with Crippen LogP contribution in [0.2, 0.25) is 0 Å². The van der Waals surface area contributed by atoms with E-state index in [4.69, 9.17) is 19.1 Å². The van der Waals surface area contributed by atoms with Crippen LogP contribution in [0.15, 0.2) is 65.4 Å². The van der Waals surface area contributed by atoms with Crippen molar-refractivity contribution >= 4 is 11.5 Å². The third kappa shape index (κ3) is 6.06. The average Bonchev–Trinajstić information content (AvgIpc) is 3.49. The molecule has 1 aliphatic rings. The molecule has 11 heteroatoms. The number of fused-ring (bicyclic) bond motifs is 1. The van der Waals surface area contributed by atoms with Crippen molar-refractivity contribution in [2.45, 2.75) is 25.7 Å². The molecule has 1 N–H and O–H groups in total. The highest BCUT2D eigenvalue weighted by Gasteiger charge is 2.38. The first-order chi connectivity index (χ1) is 16.7. The maximum absolute atomic E-state index is 10.6. The number of carbonyl (C=O) groups is 1. The number of carboxylic acids is 1. The fourth-order valence-corrected chi connectivity index (χ4v) is 3.69. The van der Waals surface area contributed by atoms with Gasteiger partial charge in [0.05, 0.1) is 24.9 Å². The highest BCUT2D eigenvalue weighted by molar-refractivity contribution is 5.73. The molecule has 1 aromatic carbocycles. The Morgan fingerprint density at radius 1 is 1.14 bits per heavy atom. The van der Waals surface area contributed by atoms with Crippen LogP contribution >= 0.6 is 0 Å². The van der Waals surface area contributed by atoms with Gasteiger partial charge >= 0.3 is 12.1 Å². The molecule has 3 aromatic heterocycles. The second-order valence-corrected chi connectivity index (χ2v) is 8.07. The van der Waals surface area contributed by atoms with Crippen molar-refractivity contribution in [2.24, 2.45) is 0 Å². The third-order valence-corrected chi connectivity index (χ3v) is 5.48. The number of hydrogen-bond acceptors (Lipinski definition) is 6. The number of furan rings is 1. The van der Waals surface area contributed by atoms with Crippen LogP contribution in [0.3, 0.4) is 0 Å². The molecule has 1 atom stereocenters. The summed E-state index contributed by atoms with van der Waals surface area (Å²) in [5.74, 6) is -1.79. The van der Waals surface area contributed by atoms with Gasteiger partial charge < -0.3 is 14.3 Å². The number of aliphatic carboxylic acids is 1. The zero-order chi connectivity index (χ0) is 25.0. The summed E-state index contributed by atoms with van der Waals surface area (Å²) >= 11 is 0. The first-order valence-corrected chi connectivity index (χ1v) is 10.8. The second-order valence-electron chi connectivity index (χ2n) is 8.07. The van der Waals surface area contributed by atoms with Crippen LogP contribution in [0.4, 0.5) is 13.2 Å². The second kappa shape index (κ2) is 10.3. The number of halogens is 3. The topological polar surface area (TPSA) is 93.1 Å². The largest absolute Gasteiger partial charge is 0.490 e. The number of rotatable bonds is 4. The van der Waals surface area contributed by atoms with Gasteiger partial charge in [-0.1, -0.05) is 41.1 Å². The summed E-state index contributed by atoms with van der Waals surface area (Å²) in [6.07, 6.45) is -1.43. The van der Waals surface area contributed by atoms with Crippen molar-refractivity contribution in [3.8, 4) is 11.1 Å². The molecule has 184 valence electrons. The number of hydrogen-bond donors (Lipinski definition) is 1. The lowest BCUT2D eigenvalue weighted by Gasteiger charge is -2.31. The number of benzene rings is 1. The van der Waals surface area contributed by atoms with E-state index in [2.05, 4.69) is 58.5 Å². The van der Waals surface area contributed by atoms with Gasteiger partial charge in [0.15, 0.2) is 0 Å². The van der Waals surface area contributed by atoms with Crippen molar-refractivity contribution in [3.05, 3.63) is 78.0 Å². The summed E-state index contributed by atoms with van der Waals surface area (Å²) in [6.45, 7) is 5.20. The van der Waals surface area contributed by atoms with Gasteiger partial charge in [-0.25, -0.2) is 9.31 Å². The molecule has 35 heavy (non-hydrogen) atoms. The van der Waals surface area contributed by atoms with E-state index in [1.807, 2.05) is 22.8 Å². The Labute approximate surface area is 198 Å². The van der Waals surface area contributed by atoms with Crippen molar-refractivity contribution in [1.82, 2.24) is 19.7 Å². The monoisotopic (exact) mass is 488 g/mol. The van der Waals surface area contributed by atoms with Crippen LogP contribution in [0.25, 0.3) is 16.6 Å². The number of aromatic nitrogens is 3. The lowest BCUT2D eigenvalue weighted by molar-refractivity contribution is -0.192. The Hall–Kier alpha value is -3.70. The molecule has 1 saturated heterocycles. The predicted octanol–water partition coefficient (Wildman–Crippen LogP) is 4.50. The van der Waals surface area contributed by atoms with Crippen LogP contribution in [0.5, 0.6) is 0 Å². The van der Waals surface area contributed by atoms with E-state index in [9.17, 15) is 13.2 Å². The van der Waals surface area contributed by atoms with E-state index in [-0.39, 0.29) is 6.10 Å². The van der Waals surface area contributed by atoms with Crippen molar-refractivity contribution in [1.29, 1.82) is 0 Å². The van der Waals surface area contributed by atoms with E-state index in [1.54, 1.807) is 6.26 Å². The number of carboxylic acid groups (broad SMARTS) is 1. The number of aryl methyl sites for hydroxylation is 1. The average molecular weight is 488 g/mol. The predicted molar refractivity (Wildman–Crippen MR) is 120 cm³/mol. The molecule has 0 amide bonds. The zero-order valence-electron chi connectivity index (χ0n) is 18.8. The molecule has 5 rings (SSSR count). The van der Waals surface area contributed by atoms with Crippen molar-refractivity contribution in [3.63, 3.8) is 0 Å². The van der Waals surface area contributed by atoms with Crippen LogP contribution < -0.4 is 0 Å². The van der Waals surface area contributed by atoms with Gasteiger partial charge in [0.2, 0.25) is 0 Å². The molecule has 4 heterocycles. The van der Waals surface area contributed by atoms with Gasteiger partial charge in [-0.15, -0.1) is 5.10 Å². The van der Waals surface area contributed by atoms with Crippen LogP contribution in [0.1, 0.15) is 23.1 Å². The minimum absolute atomic E-state index is 0.0913. The summed E-state index contributed by atoms with van der Waals surface area (Å²) in [4.78, 5) is 11.2.